The van der Waals surface area contributed by atoms with Crippen molar-refractivity contribution >= 4 is 23.2 Å². The van der Waals surface area contributed by atoms with Crippen LogP contribution in [0.5, 0.6) is 0 Å². The summed E-state index contributed by atoms with van der Waals surface area (Å²) in [6.07, 6.45) is -0.206. The van der Waals surface area contributed by atoms with E-state index in [9.17, 15) is 9.59 Å². The average Bonchev–Trinajstić information content (AvgIpc) is 2.39. The van der Waals surface area contributed by atoms with Crippen LogP contribution < -0.4 is 10.6 Å². The van der Waals surface area contributed by atoms with E-state index in [1.807, 2.05) is 43.3 Å². The van der Waals surface area contributed by atoms with Gasteiger partial charge in [-0.25, -0.2) is 0 Å². The lowest BCUT2D eigenvalue weighted by Gasteiger charge is -2.07. The van der Waals surface area contributed by atoms with Gasteiger partial charge in [-0.2, -0.15) is 0 Å². The van der Waals surface area contributed by atoms with Crippen molar-refractivity contribution in [3.05, 3.63) is 60.2 Å². The molecular formula is C16H16N2O2. The van der Waals surface area contributed by atoms with E-state index < -0.39 is 0 Å². The van der Waals surface area contributed by atoms with Crippen LogP contribution in [0.2, 0.25) is 0 Å². The molecule has 0 saturated carbocycles. The quantitative estimate of drug-likeness (QED) is 0.837. The summed E-state index contributed by atoms with van der Waals surface area (Å²) in [7, 11) is 0. The van der Waals surface area contributed by atoms with Gasteiger partial charge in [-0.15, -0.1) is 0 Å². The SMILES string of the molecule is Cc1cccc(NC(=O)CC(=O)Nc2ccccc2)c1. The van der Waals surface area contributed by atoms with Crippen LogP contribution in [0, 0.1) is 6.92 Å². The van der Waals surface area contributed by atoms with Crippen LogP contribution in [0.1, 0.15) is 12.0 Å². The third-order valence-electron chi connectivity index (χ3n) is 2.68. The van der Waals surface area contributed by atoms with Crippen molar-refractivity contribution in [1.29, 1.82) is 0 Å². The van der Waals surface area contributed by atoms with Crippen molar-refractivity contribution in [3.8, 4) is 0 Å². The first-order valence-corrected chi connectivity index (χ1v) is 6.35. The molecule has 102 valence electrons. The standard InChI is InChI=1S/C16H16N2O2/c1-12-6-5-9-14(10-12)18-16(20)11-15(19)17-13-7-3-2-4-8-13/h2-10H,11H2,1H3,(H,17,19)(H,18,20). The number of nitrogens with one attached hydrogen (secondary N) is 2. The van der Waals surface area contributed by atoms with Gasteiger partial charge in [0.05, 0.1) is 0 Å². The summed E-state index contributed by atoms with van der Waals surface area (Å²) in [4.78, 5) is 23.5. The Balaban J connectivity index is 1.87. The fourth-order valence-electron chi connectivity index (χ4n) is 1.80. The number of benzene rings is 2. The molecule has 0 atom stereocenters. The maximum Gasteiger partial charge on any atom is 0.233 e. The average molecular weight is 268 g/mol. The first-order chi connectivity index (χ1) is 9.63. The van der Waals surface area contributed by atoms with Crippen LogP contribution in [0.15, 0.2) is 54.6 Å². The van der Waals surface area contributed by atoms with Crippen LogP contribution in [0.4, 0.5) is 11.4 Å². The lowest BCUT2D eigenvalue weighted by molar-refractivity contribution is -0.123. The molecule has 0 aliphatic rings. The minimum atomic E-state index is -0.332. The van der Waals surface area contributed by atoms with E-state index in [1.165, 1.54) is 0 Å². The summed E-state index contributed by atoms with van der Waals surface area (Å²) in [5.74, 6) is -0.662. The number of anilines is 2. The number of hydrogen-bond acceptors (Lipinski definition) is 2. The summed E-state index contributed by atoms with van der Waals surface area (Å²) < 4.78 is 0. The predicted molar refractivity (Wildman–Crippen MR) is 79.5 cm³/mol. The van der Waals surface area contributed by atoms with Gasteiger partial charge in [-0.1, -0.05) is 30.3 Å². The van der Waals surface area contributed by atoms with Gasteiger partial charge in [0.1, 0.15) is 6.42 Å². The zero-order chi connectivity index (χ0) is 14.4. The van der Waals surface area contributed by atoms with Gasteiger partial charge in [-0.3, -0.25) is 9.59 Å². The Morgan fingerprint density at radius 3 is 2.10 bits per heavy atom. The van der Waals surface area contributed by atoms with E-state index in [2.05, 4.69) is 10.6 Å². The first kappa shape index (κ1) is 13.8. The normalized spacial score (nSPS) is 9.85. The van der Waals surface area contributed by atoms with Crippen LogP contribution in [0.25, 0.3) is 0 Å². The van der Waals surface area contributed by atoms with E-state index >= 15 is 0 Å². The molecule has 0 aromatic heterocycles. The second-order valence-electron chi connectivity index (χ2n) is 4.51. The van der Waals surface area contributed by atoms with E-state index in [4.69, 9.17) is 0 Å². The molecule has 2 aromatic rings. The van der Waals surface area contributed by atoms with Gasteiger partial charge in [0.2, 0.25) is 11.8 Å². The Bertz CT molecular complexity index is 609. The number of rotatable bonds is 4. The number of carbonyl (C=O) groups is 2. The topological polar surface area (TPSA) is 58.2 Å². The molecule has 2 amide bonds. The second-order valence-corrected chi connectivity index (χ2v) is 4.51. The van der Waals surface area contributed by atoms with Crippen molar-refractivity contribution in [2.75, 3.05) is 10.6 Å². The van der Waals surface area contributed by atoms with Gasteiger partial charge in [0, 0.05) is 11.4 Å². The zero-order valence-corrected chi connectivity index (χ0v) is 11.2. The number of carbonyl (C=O) groups excluding carboxylic acids is 2. The van der Waals surface area contributed by atoms with Crippen LogP contribution in [-0.4, -0.2) is 11.8 Å². The molecule has 0 spiro atoms. The maximum atomic E-state index is 11.8. The van der Waals surface area contributed by atoms with Gasteiger partial charge in [0.15, 0.2) is 0 Å². The van der Waals surface area contributed by atoms with Crippen molar-refractivity contribution in [3.63, 3.8) is 0 Å². The van der Waals surface area contributed by atoms with Crippen LogP contribution in [0.3, 0.4) is 0 Å². The van der Waals surface area contributed by atoms with Gasteiger partial charge in [-0.05, 0) is 36.8 Å². The summed E-state index contributed by atoms with van der Waals surface area (Å²) >= 11 is 0. The molecule has 0 aliphatic heterocycles. The smallest absolute Gasteiger partial charge is 0.233 e. The molecule has 0 aliphatic carbocycles. The Labute approximate surface area is 117 Å². The van der Waals surface area contributed by atoms with Crippen molar-refractivity contribution in [2.24, 2.45) is 0 Å². The summed E-state index contributed by atoms with van der Waals surface area (Å²) in [5.41, 5.74) is 2.43. The Morgan fingerprint density at radius 2 is 1.45 bits per heavy atom. The fourth-order valence-corrected chi connectivity index (χ4v) is 1.80. The minimum absolute atomic E-state index is 0.206. The molecule has 2 rings (SSSR count). The molecule has 0 unspecified atom stereocenters. The monoisotopic (exact) mass is 268 g/mol. The third-order valence-corrected chi connectivity index (χ3v) is 2.68. The largest absolute Gasteiger partial charge is 0.326 e. The second kappa shape index (κ2) is 6.52. The highest BCUT2D eigenvalue weighted by Gasteiger charge is 2.09. The highest BCUT2D eigenvalue weighted by molar-refractivity contribution is 6.08. The molecular weight excluding hydrogens is 252 g/mol. The predicted octanol–water partition coefficient (Wildman–Crippen LogP) is 2.96. The summed E-state index contributed by atoms with van der Waals surface area (Å²) in [5, 5.41) is 5.37. The molecule has 2 aromatic carbocycles. The highest BCUT2D eigenvalue weighted by Crippen LogP contribution is 2.10. The molecule has 0 bridgehead atoms. The van der Waals surface area contributed by atoms with E-state index in [0.717, 1.165) is 5.56 Å². The summed E-state index contributed by atoms with van der Waals surface area (Å²) in [6.45, 7) is 1.94. The van der Waals surface area contributed by atoms with E-state index in [1.54, 1.807) is 18.2 Å². The lowest BCUT2D eigenvalue weighted by Crippen LogP contribution is -2.21. The van der Waals surface area contributed by atoms with Crippen molar-refractivity contribution in [1.82, 2.24) is 0 Å². The Morgan fingerprint density at radius 1 is 0.850 bits per heavy atom. The molecule has 2 N–H and O–H groups in total. The number of hydrogen-bond donors (Lipinski definition) is 2. The third kappa shape index (κ3) is 4.24. The molecule has 0 saturated heterocycles. The fraction of sp³-hybridized carbons (Fsp3) is 0.125. The van der Waals surface area contributed by atoms with Crippen molar-refractivity contribution < 1.29 is 9.59 Å². The van der Waals surface area contributed by atoms with Gasteiger partial charge in [0.25, 0.3) is 0 Å². The number of aryl methyl sites for hydroxylation is 1. The molecule has 4 heteroatoms. The molecule has 4 nitrogen and oxygen atoms in total. The molecule has 20 heavy (non-hydrogen) atoms. The Hall–Kier alpha value is -2.62. The molecule has 0 fully saturated rings. The Kier molecular flexibility index (Phi) is 4.50. The first-order valence-electron chi connectivity index (χ1n) is 6.35. The van der Waals surface area contributed by atoms with E-state index in [-0.39, 0.29) is 18.2 Å². The van der Waals surface area contributed by atoms with Crippen molar-refractivity contribution in [2.45, 2.75) is 13.3 Å². The molecule has 0 heterocycles. The van der Waals surface area contributed by atoms with Crippen LogP contribution in [-0.2, 0) is 9.59 Å². The number of amides is 2. The number of para-hydroxylation sites is 1. The summed E-state index contributed by atoms with van der Waals surface area (Å²) in [6, 6.07) is 16.5. The van der Waals surface area contributed by atoms with Gasteiger partial charge < -0.3 is 10.6 Å². The lowest BCUT2D eigenvalue weighted by atomic mass is 10.2. The van der Waals surface area contributed by atoms with E-state index in [0.29, 0.717) is 11.4 Å². The maximum absolute atomic E-state index is 11.8. The molecule has 0 radical (unpaired) electrons. The zero-order valence-electron chi connectivity index (χ0n) is 11.2. The van der Waals surface area contributed by atoms with Crippen LogP contribution >= 0.6 is 0 Å². The minimum Gasteiger partial charge on any atom is -0.326 e. The van der Waals surface area contributed by atoms with Gasteiger partial charge >= 0.3 is 0 Å². The highest BCUT2D eigenvalue weighted by atomic mass is 16.2.